The minimum absolute atomic E-state index is 0.184. The molecule has 0 aliphatic carbocycles. The SMILES string of the molecule is O=C(NCCCc1ccccc1)C1(c2ccccc2)CCNCC1. The molecule has 0 bridgehead atoms. The molecule has 1 heterocycles. The number of hydrogen-bond acceptors (Lipinski definition) is 2. The molecule has 1 aliphatic rings. The molecule has 2 aromatic carbocycles. The Bertz CT molecular complexity index is 633. The Kier molecular flexibility index (Phi) is 5.65. The summed E-state index contributed by atoms with van der Waals surface area (Å²) >= 11 is 0. The fourth-order valence-electron chi connectivity index (χ4n) is 3.57. The first-order valence-electron chi connectivity index (χ1n) is 8.90. The van der Waals surface area contributed by atoms with Crippen LogP contribution in [0.1, 0.15) is 30.4 Å². The quantitative estimate of drug-likeness (QED) is 0.803. The lowest BCUT2D eigenvalue weighted by Crippen LogP contribution is -2.50. The van der Waals surface area contributed by atoms with Crippen LogP contribution in [0.25, 0.3) is 0 Å². The van der Waals surface area contributed by atoms with Crippen molar-refractivity contribution < 1.29 is 4.79 Å². The Balaban J connectivity index is 1.60. The molecule has 3 heteroatoms. The molecule has 0 aromatic heterocycles. The van der Waals surface area contributed by atoms with Gasteiger partial charge in [-0.2, -0.15) is 0 Å². The Morgan fingerprint density at radius 1 is 0.958 bits per heavy atom. The Hall–Kier alpha value is -2.13. The Morgan fingerprint density at radius 3 is 2.25 bits per heavy atom. The normalized spacial score (nSPS) is 16.5. The maximum atomic E-state index is 13.0. The van der Waals surface area contributed by atoms with E-state index < -0.39 is 0 Å². The van der Waals surface area contributed by atoms with E-state index in [-0.39, 0.29) is 11.3 Å². The van der Waals surface area contributed by atoms with E-state index >= 15 is 0 Å². The number of rotatable bonds is 6. The molecule has 0 unspecified atom stereocenters. The van der Waals surface area contributed by atoms with Crippen molar-refractivity contribution in [2.24, 2.45) is 0 Å². The standard InChI is InChI=1S/C21H26N2O/c24-20(23-15-7-10-18-8-3-1-4-9-18)21(13-16-22-17-14-21)19-11-5-2-6-12-19/h1-6,8-9,11-12,22H,7,10,13-17H2,(H,23,24). The van der Waals surface area contributed by atoms with Crippen molar-refractivity contribution in [2.75, 3.05) is 19.6 Å². The van der Waals surface area contributed by atoms with E-state index in [2.05, 4.69) is 47.0 Å². The van der Waals surface area contributed by atoms with Gasteiger partial charge >= 0.3 is 0 Å². The minimum atomic E-state index is -0.376. The van der Waals surface area contributed by atoms with Crippen LogP contribution in [0.15, 0.2) is 60.7 Å². The summed E-state index contributed by atoms with van der Waals surface area (Å²) in [5.74, 6) is 0.184. The maximum Gasteiger partial charge on any atom is 0.230 e. The van der Waals surface area contributed by atoms with Crippen LogP contribution in [0, 0.1) is 0 Å². The lowest BCUT2D eigenvalue weighted by molar-refractivity contribution is -0.127. The number of nitrogens with one attached hydrogen (secondary N) is 2. The second-order valence-electron chi connectivity index (χ2n) is 6.54. The molecule has 3 rings (SSSR count). The molecule has 1 aliphatic heterocycles. The molecule has 1 fully saturated rings. The molecule has 2 N–H and O–H groups in total. The fourth-order valence-corrected chi connectivity index (χ4v) is 3.57. The van der Waals surface area contributed by atoms with E-state index in [1.807, 2.05) is 24.3 Å². The third-order valence-corrected chi connectivity index (χ3v) is 4.99. The van der Waals surface area contributed by atoms with Crippen LogP contribution in [-0.4, -0.2) is 25.5 Å². The summed E-state index contributed by atoms with van der Waals surface area (Å²) in [5.41, 5.74) is 2.10. The third-order valence-electron chi connectivity index (χ3n) is 4.99. The van der Waals surface area contributed by atoms with Gasteiger partial charge in [0.1, 0.15) is 0 Å². The van der Waals surface area contributed by atoms with Gasteiger partial charge in [-0.15, -0.1) is 0 Å². The molecule has 1 amide bonds. The van der Waals surface area contributed by atoms with E-state index in [0.29, 0.717) is 0 Å². The largest absolute Gasteiger partial charge is 0.355 e. The Labute approximate surface area is 144 Å². The van der Waals surface area contributed by atoms with E-state index in [9.17, 15) is 4.79 Å². The van der Waals surface area contributed by atoms with Crippen molar-refractivity contribution in [3.8, 4) is 0 Å². The Morgan fingerprint density at radius 2 is 1.58 bits per heavy atom. The summed E-state index contributed by atoms with van der Waals surface area (Å²) in [4.78, 5) is 13.0. The van der Waals surface area contributed by atoms with Crippen LogP contribution in [0.2, 0.25) is 0 Å². The zero-order valence-electron chi connectivity index (χ0n) is 14.1. The van der Waals surface area contributed by atoms with E-state index in [1.54, 1.807) is 0 Å². The number of carbonyl (C=O) groups is 1. The summed E-state index contributed by atoms with van der Waals surface area (Å²) in [5, 5.41) is 6.57. The summed E-state index contributed by atoms with van der Waals surface area (Å²) in [7, 11) is 0. The molecule has 126 valence electrons. The highest BCUT2D eigenvalue weighted by Gasteiger charge is 2.40. The van der Waals surface area contributed by atoms with Gasteiger partial charge in [0.2, 0.25) is 5.91 Å². The highest BCUT2D eigenvalue weighted by molar-refractivity contribution is 5.88. The van der Waals surface area contributed by atoms with Gasteiger partial charge in [0.25, 0.3) is 0 Å². The average molecular weight is 322 g/mol. The highest BCUT2D eigenvalue weighted by Crippen LogP contribution is 2.33. The monoisotopic (exact) mass is 322 g/mol. The molecular weight excluding hydrogens is 296 g/mol. The second kappa shape index (κ2) is 8.11. The van der Waals surface area contributed by atoms with Crippen molar-refractivity contribution in [1.82, 2.24) is 10.6 Å². The highest BCUT2D eigenvalue weighted by atomic mass is 16.2. The zero-order valence-corrected chi connectivity index (χ0v) is 14.1. The van der Waals surface area contributed by atoms with Gasteiger partial charge in [0.05, 0.1) is 5.41 Å². The zero-order chi connectivity index (χ0) is 16.7. The third kappa shape index (κ3) is 3.85. The summed E-state index contributed by atoms with van der Waals surface area (Å²) in [6, 6.07) is 20.7. The van der Waals surface area contributed by atoms with E-state index in [1.165, 1.54) is 5.56 Å². The van der Waals surface area contributed by atoms with Crippen LogP contribution < -0.4 is 10.6 Å². The number of carbonyl (C=O) groups excluding carboxylic acids is 1. The van der Waals surface area contributed by atoms with Gasteiger partial charge in [-0.3, -0.25) is 4.79 Å². The van der Waals surface area contributed by atoms with Gasteiger partial charge in [-0.05, 0) is 49.9 Å². The maximum absolute atomic E-state index is 13.0. The van der Waals surface area contributed by atoms with Crippen LogP contribution in [0.3, 0.4) is 0 Å². The number of hydrogen-bond donors (Lipinski definition) is 2. The van der Waals surface area contributed by atoms with Crippen LogP contribution in [-0.2, 0) is 16.6 Å². The molecule has 3 nitrogen and oxygen atoms in total. The first-order chi connectivity index (χ1) is 11.8. The van der Waals surface area contributed by atoms with Crippen molar-refractivity contribution in [2.45, 2.75) is 31.1 Å². The number of aryl methyl sites for hydroxylation is 1. The van der Waals surface area contributed by atoms with Crippen LogP contribution in [0.5, 0.6) is 0 Å². The molecule has 1 saturated heterocycles. The molecule has 0 radical (unpaired) electrons. The van der Waals surface area contributed by atoms with Crippen molar-refractivity contribution in [1.29, 1.82) is 0 Å². The molecule has 2 aromatic rings. The van der Waals surface area contributed by atoms with Crippen LogP contribution in [0.4, 0.5) is 0 Å². The van der Waals surface area contributed by atoms with Crippen molar-refractivity contribution >= 4 is 5.91 Å². The molecule has 0 saturated carbocycles. The van der Waals surface area contributed by atoms with Gasteiger partial charge in [-0.25, -0.2) is 0 Å². The first-order valence-corrected chi connectivity index (χ1v) is 8.90. The van der Waals surface area contributed by atoms with Gasteiger partial charge < -0.3 is 10.6 Å². The summed E-state index contributed by atoms with van der Waals surface area (Å²) in [6.45, 7) is 2.52. The lowest BCUT2D eigenvalue weighted by atomic mass is 9.72. The smallest absolute Gasteiger partial charge is 0.230 e. The lowest BCUT2D eigenvalue weighted by Gasteiger charge is -2.36. The second-order valence-corrected chi connectivity index (χ2v) is 6.54. The fraction of sp³-hybridized carbons (Fsp3) is 0.381. The minimum Gasteiger partial charge on any atom is -0.355 e. The summed E-state index contributed by atoms with van der Waals surface area (Å²) in [6.07, 6.45) is 3.70. The predicted octanol–water partition coefficient (Wildman–Crippen LogP) is 3.06. The average Bonchev–Trinajstić information content (AvgIpc) is 2.67. The first kappa shape index (κ1) is 16.7. The number of amides is 1. The van der Waals surface area contributed by atoms with E-state index in [0.717, 1.165) is 50.9 Å². The van der Waals surface area contributed by atoms with Gasteiger partial charge in [-0.1, -0.05) is 60.7 Å². The van der Waals surface area contributed by atoms with Gasteiger partial charge in [0, 0.05) is 6.54 Å². The van der Waals surface area contributed by atoms with Crippen LogP contribution >= 0.6 is 0 Å². The molecule has 0 atom stereocenters. The topological polar surface area (TPSA) is 41.1 Å². The number of benzene rings is 2. The van der Waals surface area contributed by atoms with Crippen molar-refractivity contribution in [3.63, 3.8) is 0 Å². The predicted molar refractivity (Wildman–Crippen MR) is 98.0 cm³/mol. The molecule has 24 heavy (non-hydrogen) atoms. The number of piperidine rings is 1. The van der Waals surface area contributed by atoms with Gasteiger partial charge in [0.15, 0.2) is 0 Å². The van der Waals surface area contributed by atoms with Crippen molar-refractivity contribution in [3.05, 3.63) is 71.8 Å². The summed E-state index contributed by atoms with van der Waals surface area (Å²) < 4.78 is 0. The molecular formula is C21H26N2O. The molecule has 0 spiro atoms. The van der Waals surface area contributed by atoms with E-state index in [4.69, 9.17) is 0 Å².